The molecule has 1 spiro atoms. The Morgan fingerprint density at radius 3 is 2.37 bits per heavy atom. The van der Waals surface area contributed by atoms with Crippen molar-refractivity contribution < 1.29 is 23.6 Å². The second kappa shape index (κ2) is 6.22. The first-order chi connectivity index (χ1) is 12.9. The molecule has 0 aliphatic carbocycles. The number of likely N-dealkylation sites (tertiary alicyclic amines) is 1. The van der Waals surface area contributed by atoms with Crippen molar-refractivity contribution in [3.8, 4) is 0 Å². The van der Waals surface area contributed by atoms with E-state index in [2.05, 4.69) is 5.16 Å². The molecule has 3 amide bonds. The lowest BCUT2D eigenvalue weighted by molar-refractivity contribution is -0.133. The zero-order chi connectivity index (χ0) is 19.2. The number of rotatable bonds is 2. The van der Waals surface area contributed by atoms with Crippen molar-refractivity contribution >= 4 is 23.6 Å². The third kappa shape index (κ3) is 2.68. The molecular formula is C19H19N3O5. The van der Waals surface area contributed by atoms with E-state index in [1.165, 1.54) is 0 Å². The number of aryl methyl sites for hydroxylation is 2. The van der Waals surface area contributed by atoms with Gasteiger partial charge in [0.2, 0.25) is 0 Å². The van der Waals surface area contributed by atoms with Crippen LogP contribution < -0.4 is 4.90 Å². The Kier molecular flexibility index (Phi) is 3.98. The third-order valence-electron chi connectivity index (χ3n) is 5.18. The van der Waals surface area contributed by atoms with E-state index in [1.807, 2.05) is 6.07 Å². The molecule has 27 heavy (non-hydrogen) atoms. The summed E-state index contributed by atoms with van der Waals surface area (Å²) in [6.07, 6.45) is -0.150. The highest BCUT2D eigenvalue weighted by Gasteiger charge is 2.56. The van der Waals surface area contributed by atoms with Crippen molar-refractivity contribution in [1.82, 2.24) is 10.1 Å². The molecule has 8 nitrogen and oxygen atoms in total. The summed E-state index contributed by atoms with van der Waals surface area (Å²) in [5, 5.41) is 3.82. The van der Waals surface area contributed by atoms with Crippen LogP contribution in [0.25, 0.3) is 0 Å². The van der Waals surface area contributed by atoms with Crippen LogP contribution in [0, 0.1) is 13.8 Å². The first-order valence-corrected chi connectivity index (χ1v) is 8.78. The molecule has 2 aliphatic heterocycles. The molecule has 3 heterocycles. The highest BCUT2D eigenvalue weighted by Crippen LogP contribution is 2.37. The van der Waals surface area contributed by atoms with Crippen molar-refractivity contribution in [2.45, 2.75) is 32.3 Å². The fourth-order valence-corrected chi connectivity index (χ4v) is 3.68. The van der Waals surface area contributed by atoms with Gasteiger partial charge in [0.05, 0.1) is 11.4 Å². The number of carbonyl (C=O) groups excluding carboxylic acids is 3. The van der Waals surface area contributed by atoms with Crippen molar-refractivity contribution in [3.63, 3.8) is 0 Å². The molecule has 0 bridgehead atoms. The van der Waals surface area contributed by atoms with Crippen LogP contribution in [0.1, 0.15) is 34.7 Å². The molecule has 2 saturated heterocycles. The van der Waals surface area contributed by atoms with E-state index in [1.54, 1.807) is 43.0 Å². The summed E-state index contributed by atoms with van der Waals surface area (Å²) >= 11 is 0. The maximum absolute atomic E-state index is 13.0. The van der Waals surface area contributed by atoms with Gasteiger partial charge in [-0.25, -0.2) is 9.69 Å². The smallest absolute Gasteiger partial charge is 0.422 e. The molecule has 2 aromatic rings. The highest BCUT2D eigenvalue weighted by atomic mass is 16.6. The van der Waals surface area contributed by atoms with Gasteiger partial charge in [-0.1, -0.05) is 23.4 Å². The van der Waals surface area contributed by atoms with E-state index < -0.39 is 11.7 Å². The van der Waals surface area contributed by atoms with Crippen molar-refractivity contribution in [3.05, 3.63) is 47.3 Å². The molecule has 4 rings (SSSR count). The number of para-hydroxylation sites is 1. The fourth-order valence-electron chi connectivity index (χ4n) is 3.68. The largest absolute Gasteiger partial charge is 0.432 e. The topological polar surface area (TPSA) is 93.0 Å². The summed E-state index contributed by atoms with van der Waals surface area (Å²) in [5.74, 6) is -0.0858. The number of amides is 3. The summed E-state index contributed by atoms with van der Waals surface area (Å²) in [4.78, 5) is 40.8. The quantitative estimate of drug-likeness (QED) is 0.807. The molecule has 0 N–H and O–H groups in total. The summed E-state index contributed by atoms with van der Waals surface area (Å²) in [6.45, 7) is 4.03. The minimum atomic E-state index is -1.21. The number of benzene rings is 1. The van der Waals surface area contributed by atoms with E-state index in [4.69, 9.17) is 9.26 Å². The number of hydrogen-bond donors (Lipinski definition) is 0. The van der Waals surface area contributed by atoms with E-state index in [0.717, 1.165) is 4.90 Å². The maximum atomic E-state index is 13.0. The Morgan fingerprint density at radius 2 is 1.78 bits per heavy atom. The molecule has 2 fully saturated rings. The first kappa shape index (κ1) is 17.3. The molecule has 8 heteroatoms. The van der Waals surface area contributed by atoms with Crippen molar-refractivity contribution in [1.29, 1.82) is 0 Å². The number of anilines is 1. The van der Waals surface area contributed by atoms with Gasteiger partial charge in [0.1, 0.15) is 11.3 Å². The minimum absolute atomic E-state index is 0.183. The lowest BCUT2D eigenvalue weighted by atomic mass is 9.90. The van der Waals surface area contributed by atoms with Crippen LogP contribution in [-0.4, -0.2) is 46.7 Å². The normalized spacial score (nSPS) is 18.9. The van der Waals surface area contributed by atoms with Crippen molar-refractivity contribution in [2.24, 2.45) is 0 Å². The van der Waals surface area contributed by atoms with Crippen LogP contribution >= 0.6 is 0 Å². The number of ether oxygens (including phenoxy) is 1. The molecule has 1 aromatic heterocycles. The van der Waals surface area contributed by atoms with E-state index in [-0.39, 0.29) is 24.7 Å². The molecule has 0 radical (unpaired) electrons. The highest BCUT2D eigenvalue weighted by molar-refractivity contribution is 6.20. The van der Waals surface area contributed by atoms with Gasteiger partial charge in [0.25, 0.3) is 11.8 Å². The summed E-state index contributed by atoms with van der Waals surface area (Å²) in [5.41, 5.74) is 0.268. The second-order valence-corrected chi connectivity index (χ2v) is 6.83. The Labute approximate surface area is 155 Å². The minimum Gasteiger partial charge on any atom is -0.432 e. The summed E-state index contributed by atoms with van der Waals surface area (Å²) in [7, 11) is 0. The number of hydrogen-bond acceptors (Lipinski definition) is 6. The van der Waals surface area contributed by atoms with Gasteiger partial charge in [-0.3, -0.25) is 9.59 Å². The molecule has 2 aliphatic rings. The van der Waals surface area contributed by atoms with Gasteiger partial charge in [-0.15, -0.1) is 0 Å². The van der Waals surface area contributed by atoms with Crippen LogP contribution in [0.2, 0.25) is 0 Å². The van der Waals surface area contributed by atoms with Gasteiger partial charge < -0.3 is 14.2 Å². The fraction of sp³-hybridized carbons (Fsp3) is 0.368. The Balaban J connectivity index is 1.51. The Morgan fingerprint density at radius 1 is 1.11 bits per heavy atom. The van der Waals surface area contributed by atoms with Gasteiger partial charge in [0, 0.05) is 25.9 Å². The van der Waals surface area contributed by atoms with Gasteiger partial charge >= 0.3 is 6.09 Å². The SMILES string of the molecule is Cc1noc(C)c1C(=O)N1CCC2(CC1)OC(=O)N(c1ccccc1)C2=O. The Hall–Kier alpha value is -3.16. The molecule has 0 atom stereocenters. The average molecular weight is 369 g/mol. The number of imide groups is 1. The number of piperidine rings is 1. The van der Waals surface area contributed by atoms with E-state index in [0.29, 0.717) is 35.8 Å². The predicted molar refractivity (Wildman–Crippen MR) is 94.3 cm³/mol. The maximum Gasteiger partial charge on any atom is 0.422 e. The predicted octanol–water partition coefficient (Wildman–Crippen LogP) is 2.45. The number of carbonyl (C=O) groups is 3. The average Bonchev–Trinajstić information content (AvgIpc) is 3.12. The third-order valence-corrected chi connectivity index (χ3v) is 5.18. The zero-order valence-electron chi connectivity index (χ0n) is 15.1. The van der Waals surface area contributed by atoms with Crippen LogP contribution in [0.15, 0.2) is 34.9 Å². The van der Waals surface area contributed by atoms with Gasteiger partial charge in [-0.2, -0.15) is 0 Å². The summed E-state index contributed by atoms with van der Waals surface area (Å²) < 4.78 is 10.6. The number of aromatic nitrogens is 1. The van der Waals surface area contributed by atoms with Crippen LogP contribution in [-0.2, 0) is 9.53 Å². The van der Waals surface area contributed by atoms with Crippen LogP contribution in [0.4, 0.5) is 10.5 Å². The molecular weight excluding hydrogens is 350 g/mol. The summed E-state index contributed by atoms with van der Waals surface area (Å²) in [6, 6.07) is 8.70. The lowest BCUT2D eigenvalue weighted by Crippen LogP contribution is -2.51. The van der Waals surface area contributed by atoms with Gasteiger partial charge in [0.15, 0.2) is 5.60 Å². The van der Waals surface area contributed by atoms with E-state index >= 15 is 0 Å². The second-order valence-electron chi connectivity index (χ2n) is 6.83. The van der Waals surface area contributed by atoms with Crippen molar-refractivity contribution in [2.75, 3.05) is 18.0 Å². The molecule has 0 unspecified atom stereocenters. The number of nitrogens with zero attached hydrogens (tertiary/aromatic N) is 3. The lowest BCUT2D eigenvalue weighted by Gasteiger charge is -2.36. The monoisotopic (exact) mass is 369 g/mol. The molecule has 140 valence electrons. The van der Waals surface area contributed by atoms with Gasteiger partial charge in [-0.05, 0) is 26.0 Å². The van der Waals surface area contributed by atoms with Crippen LogP contribution in [0.3, 0.4) is 0 Å². The molecule has 0 saturated carbocycles. The van der Waals surface area contributed by atoms with E-state index in [9.17, 15) is 14.4 Å². The zero-order valence-corrected chi connectivity index (χ0v) is 15.1. The first-order valence-electron chi connectivity index (χ1n) is 8.78. The standard InChI is InChI=1S/C19H19N3O5/c1-12-15(13(2)27-20-12)16(23)21-10-8-19(9-11-21)17(24)22(18(25)26-19)14-6-4-3-5-7-14/h3-7H,8-11H2,1-2H3. The molecule has 1 aromatic carbocycles. The van der Waals surface area contributed by atoms with Crippen LogP contribution in [0.5, 0.6) is 0 Å². The Bertz CT molecular complexity index is 893.